The van der Waals surface area contributed by atoms with Crippen molar-refractivity contribution in [2.75, 3.05) is 0 Å². The lowest BCUT2D eigenvalue weighted by molar-refractivity contribution is -0.165. The van der Waals surface area contributed by atoms with E-state index in [2.05, 4.69) is 25.1 Å². The minimum atomic E-state index is -2.27. The molecular formula is C15H20O7. The maximum absolute atomic E-state index is 9.77. The minimum Gasteiger partial charge on any atom is -0.479 e. The summed E-state index contributed by atoms with van der Waals surface area (Å²) in [4.78, 5) is 19.5. The first kappa shape index (κ1) is 18.1. The minimum absolute atomic E-state index is 0.139. The van der Waals surface area contributed by atoms with E-state index in [-0.39, 0.29) is 6.10 Å². The lowest BCUT2D eigenvalue weighted by Crippen LogP contribution is -2.39. The maximum atomic E-state index is 9.77. The van der Waals surface area contributed by atoms with Gasteiger partial charge in [0.25, 0.3) is 0 Å². The zero-order valence-electron chi connectivity index (χ0n) is 12.1. The fraction of sp³-hybridized carbons (Fsp3) is 0.467. The summed E-state index contributed by atoms with van der Waals surface area (Å²) in [6.07, 6.45) is -2.73. The van der Waals surface area contributed by atoms with Crippen LogP contribution in [0.4, 0.5) is 0 Å². The molecule has 7 heteroatoms. The molecule has 0 heterocycles. The van der Waals surface area contributed by atoms with E-state index < -0.39 is 24.1 Å². The zero-order chi connectivity index (χ0) is 16.9. The van der Waals surface area contributed by atoms with E-state index >= 15 is 0 Å². The molecule has 0 fully saturated rings. The van der Waals surface area contributed by atoms with E-state index in [4.69, 9.17) is 20.4 Å². The molecule has 0 spiro atoms. The lowest BCUT2D eigenvalue weighted by Gasteiger charge is -2.27. The number of aliphatic hydroxyl groups is 3. The number of hydrogen-bond acceptors (Lipinski definition) is 5. The number of aliphatic carboxylic acids is 2. The molecule has 4 atom stereocenters. The van der Waals surface area contributed by atoms with Gasteiger partial charge < -0.3 is 25.5 Å². The van der Waals surface area contributed by atoms with Crippen molar-refractivity contribution in [2.45, 2.75) is 44.0 Å². The van der Waals surface area contributed by atoms with E-state index in [1.807, 2.05) is 6.07 Å². The van der Waals surface area contributed by atoms with E-state index in [0.29, 0.717) is 5.92 Å². The second-order valence-corrected chi connectivity index (χ2v) is 5.16. The summed E-state index contributed by atoms with van der Waals surface area (Å²) in [6, 6.07) is 8.41. The van der Waals surface area contributed by atoms with Crippen LogP contribution in [0.2, 0.25) is 0 Å². The highest BCUT2D eigenvalue weighted by Gasteiger charge is 2.29. The van der Waals surface area contributed by atoms with Gasteiger partial charge in [-0.25, -0.2) is 9.59 Å². The number of carboxylic acid groups (broad SMARTS) is 2. The molecule has 0 aromatic heterocycles. The Morgan fingerprint density at radius 1 is 1.09 bits per heavy atom. The molecule has 7 nitrogen and oxygen atoms in total. The molecule has 0 radical (unpaired) electrons. The van der Waals surface area contributed by atoms with Crippen molar-refractivity contribution >= 4 is 11.9 Å². The van der Waals surface area contributed by atoms with Crippen LogP contribution in [0.3, 0.4) is 0 Å². The Morgan fingerprint density at radius 2 is 1.59 bits per heavy atom. The number of fused-ring (bicyclic) bond motifs is 1. The summed E-state index contributed by atoms with van der Waals surface area (Å²) < 4.78 is 0. The van der Waals surface area contributed by atoms with Crippen molar-refractivity contribution in [2.24, 2.45) is 0 Å². The van der Waals surface area contributed by atoms with Crippen molar-refractivity contribution < 1.29 is 35.1 Å². The summed E-state index contributed by atoms with van der Waals surface area (Å²) >= 11 is 0. The van der Waals surface area contributed by atoms with Crippen molar-refractivity contribution in [3.05, 3.63) is 35.4 Å². The summed E-state index contributed by atoms with van der Waals surface area (Å²) in [7, 11) is 0. The van der Waals surface area contributed by atoms with Gasteiger partial charge in [-0.15, -0.1) is 0 Å². The number of aliphatic hydroxyl groups excluding tert-OH is 3. The van der Waals surface area contributed by atoms with Crippen LogP contribution in [0.15, 0.2) is 24.3 Å². The van der Waals surface area contributed by atoms with Gasteiger partial charge in [0, 0.05) is 5.92 Å². The second-order valence-electron chi connectivity index (χ2n) is 5.16. The van der Waals surface area contributed by atoms with Gasteiger partial charge in [-0.1, -0.05) is 31.2 Å². The average Bonchev–Trinajstić information content (AvgIpc) is 2.50. The van der Waals surface area contributed by atoms with Crippen LogP contribution in [0.5, 0.6) is 0 Å². The molecular weight excluding hydrogens is 292 g/mol. The van der Waals surface area contributed by atoms with Crippen LogP contribution in [0.25, 0.3) is 0 Å². The summed E-state index contributed by atoms with van der Waals surface area (Å²) in [5, 5.41) is 42.2. The molecule has 1 aliphatic rings. The number of rotatable bonds is 3. The Bertz CT molecular complexity index is 510. The fourth-order valence-corrected chi connectivity index (χ4v) is 2.24. The standard InChI is InChI=1S/C11H14O.C4H6O6/c1-8-10-5-3-2-4-9(10)6-7-11(8)12;5-1(3(7)8)2(6)4(9)10/h2-5,8,11-12H,6-7H2,1H3;1-2,5-6H,(H,7,8)(H,9,10)/t8-,11-;1-,2-/m11/s1. The Balaban J connectivity index is 0.000000225. The van der Waals surface area contributed by atoms with Crippen LogP contribution in [-0.4, -0.2) is 55.8 Å². The Hall–Kier alpha value is -1.96. The van der Waals surface area contributed by atoms with Crippen LogP contribution in [-0.2, 0) is 16.0 Å². The molecule has 0 bridgehead atoms. The highest BCUT2D eigenvalue weighted by Crippen LogP contribution is 2.30. The van der Waals surface area contributed by atoms with E-state index in [9.17, 15) is 14.7 Å². The van der Waals surface area contributed by atoms with Gasteiger partial charge in [-0.05, 0) is 24.0 Å². The number of carboxylic acids is 2. The Morgan fingerprint density at radius 3 is 2.09 bits per heavy atom. The SMILES string of the molecule is C[C@@H]1c2ccccc2CC[C@H]1O.O=C(O)[C@H](O)[C@@H](O)C(=O)O. The lowest BCUT2D eigenvalue weighted by atomic mass is 9.82. The van der Waals surface area contributed by atoms with Gasteiger partial charge in [-0.2, -0.15) is 0 Å². The van der Waals surface area contributed by atoms with Crippen molar-refractivity contribution in [1.82, 2.24) is 0 Å². The highest BCUT2D eigenvalue weighted by molar-refractivity contribution is 5.83. The molecule has 1 aromatic carbocycles. The van der Waals surface area contributed by atoms with Crippen molar-refractivity contribution in [3.63, 3.8) is 0 Å². The Kier molecular flexibility index (Phi) is 6.48. The van der Waals surface area contributed by atoms with Crippen molar-refractivity contribution in [3.8, 4) is 0 Å². The largest absolute Gasteiger partial charge is 0.479 e. The number of benzene rings is 1. The molecule has 1 aliphatic carbocycles. The molecule has 1 aromatic rings. The molecule has 0 amide bonds. The smallest absolute Gasteiger partial charge is 0.335 e. The molecule has 0 unspecified atom stereocenters. The monoisotopic (exact) mass is 312 g/mol. The highest BCUT2D eigenvalue weighted by atomic mass is 16.4. The maximum Gasteiger partial charge on any atom is 0.335 e. The first-order valence-electron chi connectivity index (χ1n) is 6.83. The van der Waals surface area contributed by atoms with Crippen LogP contribution >= 0.6 is 0 Å². The van der Waals surface area contributed by atoms with Gasteiger partial charge in [0.2, 0.25) is 0 Å². The summed E-state index contributed by atoms with van der Waals surface area (Å²) in [5.74, 6) is -3.22. The topological polar surface area (TPSA) is 135 Å². The third-order valence-electron chi connectivity index (χ3n) is 3.64. The normalized spacial score (nSPS) is 22.5. The molecule has 0 saturated heterocycles. The van der Waals surface area contributed by atoms with Gasteiger partial charge in [-0.3, -0.25) is 0 Å². The van der Waals surface area contributed by atoms with Gasteiger partial charge in [0.1, 0.15) is 0 Å². The molecule has 0 saturated carbocycles. The van der Waals surface area contributed by atoms with Gasteiger partial charge in [0.05, 0.1) is 6.10 Å². The quantitative estimate of drug-likeness (QED) is 0.529. The third kappa shape index (κ3) is 4.52. The van der Waals surface area contributed by atoms with Crippen LogP contribution in [0, 0.1) is 0 Å². The molecule has 0 aliphatic heterocycles. The number of aryl methyl sites for hydroxylation is 1. The summed E-state index contributed by atoms with van der Waals surface area (Å²) in [5.41, 5.74) is 2.74. The van der Waals surface area contributed by atoms with Gasteiger partial charge in [0.15, 0.2) is 12.2 Å². The number of hydrogen-bond donors (Lipinski definition) is 5. The summed E-state index contributed by atoms with van der Waals surface area (Å²) in [6.45, 7) is 2.10. The first-order chi connectivity index (χ1) is 10.3. The second kappa shape index (κ2) is 7.88. The fourth-order valence-electron chi connectivity index (χ4n) is 2.24. The molecule has 122 valence electrons. The van der Waals surface area contributed by atoms with E-state index in [1.54, 1.807) is 0 Å². The number of carbonyl (C=O) groups is 2. The van der Waals surface area contributed by atoms with E-state index in [1.165, 1.54) is 11.1 Å². The third-order valence-corrected chi connectivity index (χ3v) is 3.64. The average molecular weight is 312 g/mol. The van der Waals surface area contributed by atoms with Crippen LogP contribution in [0.1, 0.15) is 30.4 Å². The van der Waals surface area contributed by atoms with Gasteiger partial charge >= 0.3 is 11.9 Å². The predicted octanol–water partition coefficient (Wildman–Crippen LogP) is -0.0254. The Labute approximate surface area is 127 Å². The van der Waals surface area contributed by atoms with Crippen molar-refractivity contribution in [1.29, 1.82) is 0 Å². The molecule has 22 heavy (non-hydrogen) atoms. The van der Waals surface area contributed by atoms with Crippen LogP contribution < -0.4 is 0 Å². The molecule has 2 rings (SSSR count). The predicted molar refractivity (Wildman–Crippen MR) is 76.5 cm³/mol. The molecule has 5 N–H and O–H groups in total. The first-order valence-corrected chi connectivity index (χ1v) is 6.83. The van der Waals surface area contributed by atoms with E-state index in [0.717, 1.165) is 12.8 Å². The zero-order valence-corrected chi connectivity index (χ0v) is 12.1.